The van der Waals surface area contributed by atoms with Crippen molar-refractivity contribution in [3.8, 4) is 0 Å². The Kier molecular flexibility index (Phi) is 3.39. The molecule has 1 rings (SSSR count). The molecular weight excluding hydrogens is 167 g/mol. The van der Waals surface area contributed by atoms with Gasteiger partial charge in [0.15, 0.2) is 0 Å². The van der Waals surface area contributed by atoms with Crippen molar-refractivity contribution in [3.63, 3.8) is 0 Å². The quantitative estimate of drug-likeness (QED) is 0.745. The Labute approximate surface area is 77.7 Å². The lowest BCUT2D eigenvalue weighted by Gasteiger charge is -2.14. The largest absolute Gasteiger partial charge is 0.328 e. The van der Waals surface area contributed by atoms with Crippen molar-refractivity contribution >= 4 is 0 Å². The van der Waals surface area contributed by atoms with Gasteiger partial charge in [-0.25, -0.2) is 4.39 Å². The lowest BCUT2D eigenvalue weighted by atomic mass is 10.0. The highest BCUT2D eigenvalue weighted by Gasteiger charge is 2.11. The van der Waals surface area contributed by atoms with Crippen LogP contribution in [0.4, 0.5) is 4.39 Å². The third-order valence-corrected chi connectivity index (χ3v) is 1.93. The molecule has 0 saturated heterocycles. The van der Waals surface area contributed by atoms with Crippen molar-refractivity contribution in [2.45, 2.75) is 25.4 Å². The van der Waals surface area contributed by atoms with Crippen LogP contribution in [0.5, 0.6) is 0 Å². The lowest BCUT2D eigenvalue weighted by Crippen LogP contribution is -2.23. The molecule has 4 N–H and O–H groups in total. The highest BCUT2D eigenvalue weighted by Crippen LogP contribution is 2.17. The molecule has 2 nitrogen and oxygen atoms in total. The number of benzene rings is 1. The van der Waals surface area contributed by atoms with Crippen LogP contribution < -0.4 is 11.5 Å². The molecule has 0 aliphatic rings. The second-order valence-electron chi connectivity index (χ2n) is 3.34. The van der Waals surface area contributed by atoms with Crippen LogP contribution in [0.2, 0.25) is 0 Å². The van der Waals surface area contributed by atoms with Crippen LogP contribution in [0, 0.1) is 5.82 Å². The van der Waals surface area contributed by atoms with E-state index >= 15 is 0 Å². The summed E-state index contributed by atoms with van der Waals surface area (Å²) in [5, 5.41) is 0. The van der Waals surface area contributed by atoms with E-state index in [2.05, 4.69) is 0 Å². The van der Waals surface area contributed by atoms with E-state index in [4.69, 9.17) is 11.5 Å². The zero-order chi connectivity index (χ0) is 9.84. The Bertz CT molecular complexity index is 273. The highest BCUT2D eigenvalue weighted by atomic mass is 19.1. The van der Waals surface area contributed by atoms with Gasteiger partial charge < -0.3 is 11.5 Å². The van der Waals surface area contributed by atoms with Crippen LogP contribution in [0.1, 0.15) is 24.9 Å². The summed E-state index contributed by atoms with van der Waals surface area (Å²) < 4.78 is 13.2. The Morgan fingerprint density at radius 1 is 1.31 bits per heavy atom. The van der Waals surface area contributed by atoms with Gasteiger partial charge in [-0.3, -0.25) is 0 Å². The fourth-order valence-corrected chi connectivity index (χ4v) is 1.30. The van der Waals surface area contributed by atoms with E-state index in [0.717, 1.165) is 0 Å². The maximum atomic E-state index is 13.2. The second kappa shape index (κ2) is 4.35. The zero-order valence-corrected chi connectivity index (χ0v) is 7.70. The van der Waals surface area contributed by atoms with E-state index in [1.807, 2.05) is 6.92 Å². The molecule has 0 bridgehead atoms. The molecule has 0 spiro atoms. The highest BCUT2D eigenvalue weighted by molar-refractivity contribution is 5.20. The SMILES string of the molecule is CC(N)CC(N)c1ccccc1F. The van der Waals surface area contributed by atoms with Gasteiger partial charge in [0, 0.05) is 17.6 Å². The van der Waals surface area contributed by atoms with Gasteiger partial charge >= 0.3 is 0 Å². The third kappa shape index (κ3) is 2.79. The van der Waals surface area contributed by atoms with Crippen LogP contribution in [0.25, 0.3) is 0 Å². The smallest absolute Gasteiger partial charge is 0.127 e. The minimum atomic E-state index is -0.304. The molecule has 0 aromatic heterocycles. The lowest BCUT2D eigenvalue weighted by molar-refractivity contribution is 0.529. The van der Waals surface area contributed by atoms with Crippen molar-refractivity contribution in [2.75, 3.05) is 0 Å². The summed E-state index contributed by atoms with van der Waals surface area (Å²) in [4.78, 5) is 0. The number of rotatable bonds is 3. The summed E-state index contributed by atoms with van der Waals surface area (Å²) in [6.07, 6.45) is 0.598. The summed E-state index contributed by atoms with van der Waals surface area (Å²) >= 11 is 0. The first-order valence-corrected chi connectivity index (χ1v) is 4.37. The normalized spacial score (nSPS) is 15.4. The maximum Gasteiger partial charge on any atom is 0.127 e. The molecule has 0 fully saturated rings. The van der Waals surface area contributed by atoms with Gasteiger partial charge in [-0.05, 0) is 19.4 Å². The van der Waals surface area contributed by atoms with Crippen molar-refractivity contribution in [1.29, 1.82) is 0 Å². The van der Waals surface area contributed by atoms with E-state index in [9.17, 15) is 4.39 Å². The van der Waals surface area contributed by atoms with E-state index in [0.29, 0.717) is 12.0 Å². The summed E-state index contributed by atoms with van der Waals surface area (Å²) in [6.45, 7) is 1.86. The van der Waals surface area contributed by atoms with Gasteiger partial charge in [0.1, 0.15) is 5.82 Å². The topological polar surface area (TPSA) is 52.0 Å². The molecule has 13 heavy (non-hydrogen) atoms. The summed E-state index contributed by atoms with van der Waals surface area (Å²) in [6, 6.07) is 6.23. The van der Waals surface area contributed by atoms with E-state index in [-0.39, 0.29) is 17.9 Å². The molecule has 72 valence electrons. The van der Waals surface area contributed by atoms with Gasteiger partial charge in [0.25, 0.3) is 0 Å². The van der Waals surface area contributed by atoms with Gasteiger partial charge in [-0.15, -0.1) is 0 Å². The first-order valence-electron chi connectivity index (χ1n) is 4.37. The van der Waals surface area contributed by atoms with Crippen molar-refractivity contribution in [2.24, 2.45) is 11.5 Å². The van der Waals surface area contributed by atoms with Crippen molar-refractivity contribution in [1.82, 2.24) is 0 Å². The Hall–Kier alpha value is -0.930. The molecule has 0 radical (unpaired) electrons. The number of nitrogens with two attached hydrogens (primary N) is 2. The number of hydrogen-bond donors (Lipinski definition) is 2. The average Bonchev–Trinajstić information content (AvgIpc) is 2.03. The zero-order valence-electron chi connectivity index (χ0n) is 7.70. The first-order chi connectivity index (χ1) is 6.11. The molecule has 1 aromatic rings. The van der Waals surface area contributed by atoms with Gasteiger partial charge in [0.2, 0.25) is 0 Å². The van der Waals surface area contributed by atoms with E-state index in [1.165, 1.54) is 6.07 Å². The molecule has 1 aromatic carbocycles. The predicted octanol–water partition coefficient (Wildman–Crippen LogP) is 1.56. The molecular formula is C10H15FN2. The molecule has 0 aliphatic heterocycles. The summed E-state index contributed by atoms with van der Waals surface area (Å²) in [5.74, 6) is -0.254. The van der Waals surface area contributed by atoms with Gasteiger partial charge in [-0.1, -0.05) is 18.2 Å². The predicted molar refractivity (Wildman–Crippen MR) is 51.6 cm³/mol. The van der Waals surface area contributed by atoms with Gasteiger partial charge in [0.05, 0.1) is 0 Å². The molecule has 0 saturated carbocycles. The van der Waals surface area contributed by atoms with Crippen LogP contribution in [0.3, 0.4) is 0 Å². The fourth-order valence-electron chi connectivity index (χ4n) is 1.30. The van der Waals surface area contributed by atoms with Crippen LogP contribution in [-0.4, -0.2) is 6.04 Å². The van der Waals surface area contributed by atoms with Crippen molar-refractivity contribution < 1.29 is 4.39 Å². The monoisotopic (exact) mass is 182 g/mol. The standard InChI is InChI=1S/C10H15FN2/c1-7(12)6-10(13)8-4-2-3-5-9(8)11/h2-5,7,10H,6,12-13H2,1H3. The minimum Gasteiger partial charge on any atom is -0.328 e. The van der Waals surface area contributed by atoms with Crippen molar-refractivity contribution in [3.05, 3.63) is 35.6 Å². The minimum absolute atomic E-state index is 0.00499. The Morgan fingerprint density at radius 2 is 1.92 bits per heavy atom. The second-order valence-corrected chi connectivity index (χ2v) is 3.34. The molecule has 2 unspecified atom stereocenters. The third-order valence-electron chi connectivity index (χ3n) is 1.93. The Balaban J connectivity index is 2.76. The summed E-state index contributed by atoms with van der Waals surface area (Å²) in [7, 11) is 0. The molecule has 0 heterocycles. The van der Waals surface area contributed by atoms with Crippen LogP contribution >= 0.6 is 0 Å². The number of halogens is 1. The molecule has 0 amide bonds. The molecule has 3 heteroatoms. The van der Waals surface area contributed by atoms with Gasteiger partial charge in [-0.2, -0.15) is 0 Å². The summed E-state index contributed by atoms with van der Waals surface area (Å²) in [5.41, 5.74) is 11.9. The maximum absolute atomic E-state index is 13.2. The molecule has 0 aliphatic carbocycles. The average molecular weight is 182 g/mol. The fraction of sp³-hybridized carbons (Fsp3) is 0.400. The van der Waals surface area contributed by atoms with Crippen LogP contribution in [0.15, 0.2) is 24.3 Å². The van der Waals surface area contributed by atoms with E-state index < -0.39 is 0 Å². The molecule has 2 atom stereocenters. The first kappa shape index (κ1) is 10.2. The Morgan fingerprint density at radius 3 is 2.46 bits per heavy atom. The number of hydrogen-bond acceptors (Lipinski definition) is 2. The van der Waals surface area contributed by atoms with E-state index in [1.54, 1.807) is 18.2 Å². The van der Waals surface area contributed by atoms with Crippen LogP contribution in [-0.2, 0) is 0 Å².